The third-order valence-electron chi connectivity index (χ3n) is 6.79. The lowest BCUT2D eigenvalue weighted by Crippen LogP contribution is -2.16. The van der Waals surface area contributed by atoms with E-state index < -0.39 is 15.8 Å². The fourth-order valence-corrected chi connectivity index (χ4v) is 5.12. The Balaban J connectivity index is 1.16. The van der Waals surface area contributed by atoms with E-state index in [1.54, 1.807) is 6.07 Å². The van der Waals surface area contributed by atoms with Gasteiger partial charge in [0.2, 0.25) is 5.75 Å². The SMILES string of the molecule is Cc1ccc(C)n1-c1ccc(OCc2ccc(C(=O)N/N=C/c3cc(Br)c(OCc4ccc([N+](=O)[O-])cc4)c([N+](=O)[O-])c3)o2)cc1. The monoisotopic (exact) mass is 687 g/mol. The minimum Gasteiger partial charge on any atom is -0.486 e. The van der Waals surface area contributed by atoms with Gasteiger partial charge < -0.3 is 18.5 Å². The molecule has 46 heavy (non-hydrogen) atoms. The van der Waals surface area contributed by atoms with E-state index in [1.165, 1.54) is 48.7 Å². The van der Waals surface area contributed by atoms with Crippen LogP contribution in [-0.2, 0) is 13.2 Å². The number of nitro groups is 2. The van der Waals surface area contributed by atoms with Crippen LogP contribution in [0, 0.1) is 34.1 Å². The molecular weight excluding hydrogens is 662 g/mol. The van der Waals surface area contributed by atoms with Gasteiger partial charge in [-0.05, 0) is 102 Å². The van der Waals surface area contributed by atoms with Crippen LogP contribution in [0.5, 0.6) is 11.5 Å². The molecule has 1 N–H and O–H groups in total. The number of nitrogens with one attached hydrogen (secondary N) is 1. The molecule has 5 aromatic rings. The van der Waals surface area contributed by atoms with Gasteiger partial charge in [0.05, 0.1) is 20.5 Å². The number of benzene rings is 3. The van der Waals surface area contributed by atoms with Crippen LogP contribution in [0.3, 0.4) is 0 Å². The summed E-state index contributed by atoms with van der Waals surface area (Å²) in [6, 6.07) is 23.3. The van der Waals surface area contributed by atoms with Crippen molar-refractivity contribution in [3.8, 4) is 17.2 Å². The van der Waals surface area contributed by atoms with Crippen molar-refractivity contribution in [1.29, 1.82) is 0 Å². The van der Waals surface area contributed by atoms with E-state index in [0.29, 0.717) is 22.6 Å². The number of hydrogen-bond acceptors (Lipinski definition) is 9. The Morgan fingerprint density at radius 2 is 1.61 bits per heavy atom. The van der Waals surface area contributed by atoms with E-state index in [-0.39, 0.29) is 40.6 Å². The van der Waals surface area contributed by atoms with E-state index in [2.05, 4.69) is 43.2 Å². The molecule has 0 aliphatic rings. The molecule has 0 fully saturated rings. The molecule has 13 nitrogen and oxygen atoms in total. The first-order valence-corrected chi connectivity index (χ1v) is 14.5. The van der Waals surface area contributed by atoms with Crippen LogP contribution in [0.4, 0.5) is 11.4 Å². The largest absolute Gasteiger partial charge is 0.486 e. The third-order valence-corrected chi connectivity index (χ3v) is 7.37. The number of hydrazone groups is 1. The third kappa shape index (κ3) is 7.47. The summed E-state index contributed by atoms with van der Waals surface area (Å²) in [5, 5.41) is 26.5. The maximum atomic E-state index is 12.6. The summed E-state index contributed by atoms with van der Waals surface area (Å²) in [7, 11) is 0. The maximum Gasteiger partial charge on any atom is 0.312 e. The molecule has 234 valence electrons. The number of non-ortho nitro benzene ring substituents is 1. The number of aromatic nitrogens is 1. The summed E-state index contributed by atoms with van der Waals surface area (Å²) in [5.41, 5.74) is 6.09. The molecule has 0 radical (unpaired) electrons. The first-order chi connectivity index (χ1) is 22.1. The van der Waals surface area contributed by atoms with Gasteiger partial charge in [0.1, 0.15) is 24.7 Å². The number of ether oxygens (including phenoxy) is 2. The molecule has 0 aliphatic carbocycles. The summed E-state index contributed by atoms with van der Waals surface area (Å²) in [4.78, 5) is 34.0. The second kappa shape index (κ2) is 13.9. The summed E-state index contributed by atoms with van der Waals surface area (Å²) >= 11 is 3.28. The zero-order valence-corrected chi connectivity index (χ0v) is 26.1. The predicted octanol–water partition coefficient (Wildman–Crippen LogP) is 7.19. The molecule has 2 heterocycles. The number of nitro benzene ring substituents is 2. The van der Waals surface area contributed by atoms with Crippen LogP contribution < -0.4 is 14.9 Å². The highest BCUT2D eigenvalue weighted by Crippen LogP contribution is 2.36. The minimum atomic E-state index is -0.624. The van der Waals surface area contributed by atoms with Crippen LogP contribution in [0.25, 0.3) is 5.69 Å². The van der Waals surface area contributed by atoms with Crippen molar-refractivity contribution in [2.24, 2.45) is 5.10 Å². The van der Waals surface area contributed by atoms with Crippen molar-refractivity contribution >= 4 is 39.4 Å². The smallest absolute Gasteiger partial charge is 0.312 e. The number of aryl methyl sites for hydroxylation is 2. The van der Waals surface area contributed by atoms with Crippen LogP contribution in [0.1, 0.15) is 38.8 Å². The Hall–Kier alpha value is -5.76. The van der Waals surface area contributed by atoms with Crippen molar-refractivity contribution in [3.05, 3.63) is 144 Å². The predicted molar refractivity (Wildman–Crippen MR) is 172 cm³/mol. The minimum absolute atomic E-state index is 0.00630. The Morgan fingerprint density at radius 1 is 0.913 bits per heavy atom. The number of rotatable bonds is 12. The van der Waals surface area contributed by atoms with Gasteiger partial charge in [-0.1, -0.05) is 0 Å². The van der Waals surface area contributed by atoms with Gasteiger partial charge in [0, 0.05) is 40.8 Å². The second-order valence-electron chi connectivity index (χ2n) is 10.0. The summed E-state index contributed by atoms with van der Waals surface area (Å²) in [5.74, 6) is 0.421. The van der Waals surface area contributed by atoms with Crippen LogP contribution in [-0.4, -0.2) is 26.5 Å². The van der Waals surface area contributed by atoms with Crippen molar-refractivity contribution in [2.45, 2.75) is 27.1 Å². The number of hydrogen-bond donors (Lipinski definition) is 1. The Labute approximate surface area is 270 Å². The number of furan rings is 1. The van der Waals surface area contributed by atoms with Crippen molar-refractivity contribution in [2.75, 3.05) is 0 Å². The average Bonchev–Trinajstić information content (AvgIpc) is 3.65. The molecule has 0 bridgehead atoms. The molecule has 14 heteroatoms. The lowest BCUT2D eigenvalue weighted by Gasteiger charge is -2.10. The number of carbonyl (C=O) groups is 1. The van der Waals surface area contributed by atoms with Gasteiger partial charge in [-0.15, -0.1) is 0 Å². The number of amides is 1. The molecule has 0 spiro atoms. The Bertz CT molecular complexity index is 1910. The van der Waals surface area contributed by atoms with E-state index in [1.807, 2.05) is 38.1 Å². The molecule has 5 rings (SSSR count). The molecular formula is C32H26BrN5O8. The van der Waals surface area contributed by atoms with Gasteiger partial charge >= 0.3 is 11.6 Å². The zero-order valence-electron chi connectivity index (χ0n) is 24.5. The number of halogens is 1. The molecule has 0 saturated heterocycles. The molecule has 0 unspecified atom stereocenters. The fraction of sp³-hybridized carbons (Fsp3) is 0.125. The molecule has 3 aromatic carbocycles. The number of nitrogens with zero attached hydrogens (tertiary/aromatic N) is 4. The fourth-order valence-electron chi connectivity index (χ4n) is 4.54. The molecule has 0 aliphatic heterocycles. The molecule has 0 atom stereocenters. The first-order valence-electron chi connectivity index (χ1n) is 13.7. The quantitative estimate of drug-likeness (QED) is 0.0818. The van der Waals surface area contributed by atoms with Gasteiger partial charge in [0.25, 0.3) is 5.69 Å². The Kier molecular flexibility index (Phi) is 9.57. The Morgan fingerprint density at radius 3 is 2.26 bits per heavy atom. The van der Waals surface area contributed by atoms with Crippen molar-refractivity contribution in [1.82, 2.24) is 9.99 Å². The molecule has 2 aromatic heterocycles. The first kappa shape index (κ1) is 31.7. The van der Waals surface area contributed by atoms with E-state index in [4.69, 9.17) is 13.9 Å². The zero-order chi connectivity index (χ0) is 32.8. The van der Waals surface area contributed by atoms with Crippen LogP contribution >= 0.6 is 15.9 Å². The topological polar surface area (TPSA) is 164 Å². The van der Waals surface area contributed by atoms with Crippen molar-refractivity contribution in [3.63, 3.8) is 0 Å². The summed E-state index contributed by atoms with van der Waals surface area (Å²) < 4.78 is 19.5. The lowest BCUT2D eigenvalue weighted by atomic mass is 10.2. The van der Waals surface area contributed by atoms with E-state index in [9.17, 15) is 25.0 Å². The average molecular weight is 688 g/mol. The van der Waals surface area contributed by atoms with Crippen molar-refractivity contribution < 1.29 is 28.5 Å². The van der Waals surface area contributed by atoms with Crippen LogP contribution in [0.15, 0.2) is 98.9 Å². The second-order valence-corrected chi connectivity index (χ2v) is 10.9. The van der Waals surface area contributed by atoms with Gasteiger partial charge in [-0.25, -0.2) is 5.43 Å². The molecule has 0 saturated carbocycles. The highest BCUT2D eigenvalue weighted by molar-refractivity contribution is 9.10. The summed E-state index contributed by atoms with van der Waals surface area (Å²) in [6.45, 7) is 4.13. The maximum absolute atomic E-state index is 12.6. The molecule has 1 amide bonds. The normalized spacial score (nSPS) is 11.0. The van der Waals surface area contributed by atoms with Gasteiger partial charge in [0.15, 0.2) is 5.76 Å². The summed E-state index contributed by atoms with van der Waals surface area (Å²) in [6.07, 6.45) is 1.24. The standard InChI is InChI=1S/C32H26BrN5O8/c1-20-3-4-21(2)36(20)24-9-11-26(12-10-24)44-19-27-13-14-30(46-27)32(39)35-34-17-23-15-28(33)31(29(16-23)38(42)43)45-18-22-5-7-25(8-6-22)37(40)41/h3-17H,18-19H2,1-2H3,(H,35,39)/b34-17+. The number of carbonyl (C=O) groups excluding carboxylic acids is 1. The van der Waals surface area contributed by atoms with Crippen LogP contribution in [0.2, 0.25) is 0 Å². The highest BCUT2D eigenvalue weighted by atomic mass is 79.9. The highest BCUT2D eigenvalue weighted by Gasteiger charge is 2.21. The lowest BCUT2D eigenvalue weighted by molar-refractivity contribution is -0.386. The van der Waals surface area contributed by atoms with Gasteiger partial charge in [-0.2, -0.15) is 5.10 Å². The van der Waals surface area contributed by atoms with E-state index >= 15 is 0 Å². The van der Waals surface area contributed by atoms with E-state index in [0.717, 1.165) is 17.1 Å². The van der Waals surface area contributed by atoms with Gasteiger partial charge in [-0.3, -0.25) is 25.0 Å².